The fraction of sp³-hybridized carbons (Fsp3) is 0.318. The summed E-state index contributed by atoms with van der Waals surface area (Å²) in [5, 5.41) is 8.36. The van der Waals surface area contributed by atoms with Crippen molar-refractivity contribution in [2.24, 2.45) is 0 Å². The summed E-state index contributed by atoms with van der Waals surface area (Å²) in [6.07, 6.45) is 1.12. The molecule has 2 rings (SSSR count). The number of rotatable bonds is 9. The maximum Gasteiger partial charge on any atom is 0.251 e. The van der Waals surface area contributed by atoms with Crippen LogP contribution in [0, 0.1) is 0 Å². The van der Waals surface area contributed by atoms with Crippen LogP contribution in [0.15, 0.2) is 54.6 Å². The minimum atomic E-state index is -0.223. The second-order valence-corrected chi connectivity index (χ2v) is 6.40. The summed E-state index contributed by atoms with van der Waals surface area (Å²) in [6, 6.07) is 16.4. The van der Waals surface area contributed by atoms with Gasteiger partial charge in [0.1, 0.15) is 0 Å². The largest absolute Gasteiger partial charge is 0.354 e. The van der Waals surface area contributed by atoms with Gasteiger partial charge >= 0.3 is 0 Å². The fourth-order valence-corrected chi connectivity index (χ4v) is 2.80. The van der Waals surface area contributed by atoms with Crippen LogP contribution >= 0.6 is 0 Å². The van der Waals surface area contributed by atoms with E-state index in [-0.39, 0.29) is 23.6 Å². The van der Waals surface area contributed by atoms with Gasteiger partial charge in [-0.15, -0.1) is 0 Å². The highest BCUT2D eigenvalue weighted by Gasteiger charge is 2.18. The molecule has 28 heavy (non-hydrogen) atoms. The first kappa shape index (κ1) is 21.2. The molecule has 0 bridgehead atoms. The summed E-state index contributed by atoms with van der Waals surface area (Å²) in [7, 11) is 0. The Morgan fingerprint density at radius 3 is 2.11 bits per heavy atom. The molecule has 3 amide bonds. The molecule has 2 aromatic rings. The maximum atomic E-state index is 12.6. The highest BCUT2D eigenvalue weighted by molar-refractivity contribution is 5.97. The lowest BCUT2D eigenvalue weighted by Crippen LogP contribution is -2.34. The quantitative estimate of drug-likeness (QED) is 0.584. The Morgan fingerprint density at radius 1 is 0.857 bits per heavy atom. The van der Waals surface area contributed by atoms with Crippen LogP contribution in [-0.4, -0.2) is 30.8 Å². The normalized spacial score (nSPS) is 11.4. The van der Waals surface area contributed by atoms with Gasteiger partial charge in [0.2, 0.25) is 11.8 Å². The molecule has 148 valence electrons. The predicted octanol–water partition coefficient (Wildman–Crippen LogP) is 3.07. The molecule has 6 heteroatoms. The lowest BCUT2D eigenvalue weighted by Gasteiger charge is -2.15. The molecule has 0 saturated heterocycles. The minimum Gasteiger partial charge on any atom is -0.354 e. The lowest BCUT2D eigenvalue weighted by atomic mass is 9.95. The molecular formula is C22H27N3O3. The van der Waals surface area contributed by atoms with Crippen molar-refractivity contribution in [2.45, 2.75) is 32.6 Å². The van der Waals surface area contributed by atoms with E-state index in [0.717, 1.165) is 5.56 Å². The van der Waals surface area contributed by atoms with Gasteiger partial charge in [0.05, 0.1) is 5.92 Å². The maximum absolute atomic E-state index is 12.6. The first-order chi connectivity index (χ1) is 13.5. The summed E-state index contributed by atoms with van der Waals surface area (Å²) in [5.74, 6) is -0.561. The van der Waals surface area contributed by atoms with Crippen LogP contribution in [0.25, 0.3) is 0 Å². The number of carbonyl (C=O) groups is 3. The van der Waals surface area contributed by atoms with Crippen LogP contribution < -0.4 is 16.0 Å². The number of anilines is 1. The van der Waals surface area contributed by atoms with Gasteiger partial charge in [-0.1, -0.05) is 44.2 Å². The van der Waals surface area contributed by atoms with Crippen molar-refractivity contribution in [1.29, 1.82) is 0 Å². The zero-order valence-electron chi connectivity index (χ0n) is 16.3. The van der Waals surface area contributed by atoms with Crippen molar-refractivity contribution >= 4 is 23.4 Å². The number of hydrogen-bond donors (Lipinski definition) is 3. The van der Waals surface area contributed by atoms with Crippen LogP contribution in [0.1, 0.15) is 48.5 Å². The smallest absolute Gasteiger partial charge is 0.251 e. The van der Waals surface area contributed by atoms with Crippen LogP contribution in [0.2, 0.25) is 0 Å². The fourth-order valence-electron chi connectivity index (χ4n) is 2.80. The van der Waals surface area contributed by atoms with Gasteiger partial charge in [-0.25, -0.2) is 0 Å². The van der Waals surface area contributed by atoms with Gasteiger partial charge in [-0.05, 0) is 36.2 Å². The number of carbonyl (C=O) groups excluding carboxylic acids is 3. The minimum absolute atomic E-state index is 0.0461. The van der Waals surface area contributed by atoms with E-state index in [1.54, 1.807) is 31.2 Å². The molecule has 0 heterocycles. The third-order valence-electron chi connectivity index (χ3n) is 4.40. The standard InChI is InChI=1S/C22H27N3O3/c1-3-19(16-8-6-5-7-9-16)22(28)25-18-12-10-17(11-13-18)21(27)24-15-14-23-20(26)4-2/h5-13,19H,3-4,14-15H2,1-2H3,(H,23,26)(H,24,27)(H,25,28). The Bertz CT molecular complexity index is 788. The zero-order valence-corrected chi connectivity index (χ0v) is 16.3. The Kier molecular flexibility index (Phi) is 8.21. The van der Waals surface area contributed by atoms with Crippen molar-refractivity contribution in [3.63, 3.8) is 0 Å². The summed E-state index contributed by atoms with van der Waals surface area (Å²) in [5.41, 5.74) is 2.12. The van der Waals surface area contributed by atoms with E-state index < -0.39 is 0 Å². The third-order valence-corrected chi connectivity index (χ3v) is 4.40. The Hall–Kier alpha value is -3.15. The van der Waals surface area contributed by atoms with Crippen LogP contribution in [0.4, 0.5) is 5.69 Å². The van der Waals surface area contributed by atoms with Crippen molar-refractivity contribution in [2.75, 3.05) is 18.4 Å². The van der Waals surface area contributed by atoms with E-state index in [1.807, 2.05) is 37.3 Å². The first-order valence-electron chi connectivity index (χ1n) is 9.55. The molecular weight excluding hydrogens is 354 g/mol. The molecule has 0 fully saturated rings. The Balaban J connectivity index is 1.88. The second-order valence-electron chi connectivity index (χ2n) is 6.40. The SMILES string of the molecule is CCC(=O)NCCNC(=O)c1ccc(NC(=O)C(CC)c2ccccc2)cc1. The first-order valence-corrected chi connectivity index (χ1v) is 9.55. The predicted molar refractivity (Wildman–Crippen MR) is 110 cm³/mol. The topological polar surface area (TPSA) is 87.3 Å². The molecule has 0 spiro atoms. The summed E-state index contributed by atoms with van der Waals surface area (Å²) in [4.78, 5) is 35.9. The molecule has 0 aliphatic heterocycles. The molecule has 0 radical (unpaired) electrons. The number of amides is 3. The molecule has 0 saturated carbocycles. The average molecular weight is 381 g/mol. The molecule has 0 aromatic heterocycles. The molecule has 1 unspecified atom stereocenters. The summed E-state index contributed by atoms with van der Waals surface area (Å²) < 4.78 is 0. The van der Waals surface area contributed by atoms with Gasteiger partial charge < -0.3 is 16.0 Å². The highest BCUT2D eigenvalue weighted by atomic mass is 16.2. The zero-order chi connectivity index (χ0) is 20.4. The van der Waals surface area contributed by atoms with Gasteiger partial charge in [0, 0.05) is 30.8 Å². The van der Waals surface area contributed by atoms with Gasteiger partial charge in [0.25, 0.3) is 5.91 Å². The highest BCUT2D eigenvalue weighted by Crippen LogP contribution is 2.21. The number of nitrogens with one attached hydrogen (secondary N) is 3. The summed E-state index contributed by atoms with van der Waals surface area (Å²) >= 11 is 0. The van der Waals surface area contributed by atoms with E-state index in [2.05, 4.69) is 16.0 Å². The van der Waals surface area contributed by atoms with E-state index in [9.17, 15) is 14.4 Å². The van der Waals surface area contributed by atoms with Crippen molar-refractivity contribution < 1.29 is 14.4 Å². The molecule has 1 atom stereocenters. The van der Waals surface area contributed by atoms with Gasteiger partial charge in [-0.2, -0.15) is 0 Å². The molecule has 2 aromatic carbocycles. The van der Waals surface area contributed by atoms with Crippen LogP contribution in [-0.2, 0) is 9.59 Å². The Morgan fingerprint density at radius 2 is 1.50 bits per heavy atom. The van der Waals surface area contributed by atoms with Crippen molar-refractivity contribution in [1.82, 2.24) is 10.6 Å². The second kappa shape index (κ2) is 10.9. The van der Waals surface area contributed by atoms with Crippen LogP contribution in [0.3, 0.4) is 0 Å². The monoisotopic (exact) mass is 381 g/mol. The van der Waals surface area contributed by atoms with Crippen molar-refractivity contribution in [3.8, 4) is 0 Å². The molecule has 0 aliphatic carbocycles. The van der Waals surface area contributed by atoms with Crippen molar-refractivity contribution in [3.05, 3.63) is 65.7 Å². The molecule has 3 N–H and O–H groups in total. The number of benzene rings is 2. The molecule has 0 aliphatic rings. The summed E-state index contributed by atoms with van der Waals surface area (Å²) in [6.45, 7) is 4.51. The van der Waals surface area contributed by atoms with E-state index in [4.69, 9.17) is 0 Å². The van der Waals surface area contributed by atoms with E-state index in [0.29, 0.717) is 37.2 Å². The van der Waals surface area contributed by atoms with Gasteiger partial charge in [0.15, 0.2) is 0 Å². The number of hydrogen-bond acceptors (Lipinski definition) is 3. The molecule has 6 nitrogen and oxygen atoms in total. The lowest BCUT2D eigenvalue weighted by molar-refractivity contribution is -0.120. The average Bonchev–Trinajstić information content (AvgIpc) is 2.72. The van der Waals surface area contributed by atoms with Crippen LogP contribution in [0.5, 0.6) is 0 Å². The Labute approximate surface area is 165 Å². The van der Waals surface area contributed by atoms with Gasteiger partial charge in [-0.3, -0.25) is 14.4 Å². The van der Waals surface area contributed by atoms with E-state index in [1.165, 1.54) is 0 Å². The van der Waals surface area contributed by atoms with E-state index >= 15 is 0 Å². The third kappa shape index (κ3) is 6.23.